The lowest BCUT2D eigenvalue weighted by atomic mass is 10.0. The maximum Gasteiger partial charge on any atom is 0.314 e. The van der Waals surface area contributed by atoms with Crippen LogP contribution in [0.5, 0.6) is 5.75 Å². The quantitative estimate of drug-likeness (QED) is 0.468. The van der Waals surface area contributed by atoms with Gasteiger partial charge in [0.15, 0.2) is 6.10 Å². The molecule has 1 aliphatic heterocycles. The molecule has 0 fully saturated rings. The molecule has 0 N–H and O–H groups in total. The summed E-state index contributed by atoms with van der Waals surface area (Å²) in [7, 11) is 0. The molecule has 1 aliphatic rings. The lowest BCUT2D eigenvalue weighted by Gasteiger charge is -2.25. The van der Waals surface area contributed by atoms with E-state index in [1.165, 1.54) is 10.1 Å². The Labute approximate surface area is 168 Å². The zero-order valence-electron chi connectivity index (χ0n) is 14.5. The van der Waals surface area contributed by atoms with Crippen LogP contribution in [-0.2, 0) is 0 Å². The first-order valence-electron chi connectivity index (χ1n) is 8.54. The number of halogens is 2. The molecule has 0 radical (unpaired) electrons. The molecule has 0 spiro atoms. The van der Waals surface area contributed by atoms with Crippen molar-refractivity contribution >= 4 is 38.6 Å². The monoisotopic (exact) mass is 450 g/mol. The van der Waals surface area contributed by atoms with Gasteiger partial charge in [-0.25, -0.2) is 8.97 Å². The summed E-state index contributed by atoms with van der Waals surface area (Å²) in [6, 6.07) is 13.0. The predicted octanol–water partition coefficient (Wildman–Crippen LogP) is 5.67. The molecular weight excluding hydrogens is 433 g/mol. The Morgan fingerprint density at radius 2 is 1.81 bits per heavy atom. The summed E-state index contributed by atoms with van der Waals surface area (Å²) >= 11 is 6.98. The lowest BCUT2D eigenvalue weighted by Crippen LogP contribution is -2.25. The Morgan fingerprint density at radius 3 is 2.50 bits per heavy atom. The van der Waals surface area contributed by atoms with Gasteiger partial charge in [-0.3, -0.25) is 0 Å². The molecule has 0 amide bonds. The second kappa shape index (κ2) is 7.25. The molecule has 0 bridgehead atoms. The molecule has 2 heterocycles. The van der Waals surface area contributed by atoms with Crippen LogP contribution >= 0.6 is 38.6 Å². The topological polar surface area (TPSA) is 12.2 Å². The summed E-state index contributed by atoms with van der Waals surface area (Å²) in [5, 5.41) is 0. The molecule has 1 atom stereocenters. The van der Waals surface area contributed by atoms with Crippen molar-refractivity contribution < 1.29 is 9.13 Å². The first-order valence-corrected chi connectivity index (χ1v) is 11.0. The van der Waals surface area contributed by atoms with E-state index >= 15 is 0 Å². The molecule has 134 valence electrons. The fraction of sp³-hybridized carbons (Fsp3) is 0.250. The van der Waals surface area contributed by atoms with E-state index in [1.54, 1.807) is 34.8 Å². The number of nitrogens with zero attached hydrogens (tertiary/aromatic N) is 1. The molecule has 0 saturated heterocycles. The summed E-state index contributed by atoms with van der Waals surface area (Å²) < 4.78 is 24.8. The average molecular weight is 451 g/mol. The van der Waals surface area contributed by atoms with Gasteiger partial charge in [0.05, 0.1) is 9.75 Å². The second-order valence-electron chi connectivity index (χ2n) is 6.03. The molecule has 2 nitrogen and oxygen atoms in total. The van der Waals surface area contributed by atoms with E-state index in [-0.39, 0.29) is 11.9 Å². The number of fused-ring (bicyclic) bond motifs is 3. The summed E-state index contributed by atoms with van der Waals surface area (Å²) in [5.74, 6) is 0.509. The van der Waals surface area contributed by atoms with Crippen molar-refractivity contribution in [2.75, 3.05) is 13.1 Å². The van der Waals surface area contributed by atoms with E-state index in [0.717, 1.165) is 44.2 Å². The van der Waals surface area contributed by atoms with Crippen molar-refractivity contribution in [3.8, 4) is 16.2 Å². The lowest BCUT2D eigenvalue weighted by molar-refractivity contribution is 0.247. The van der Waals surface area contributed by atoms with Gasteiger partial charge in [0.1, 0.15) is 24.7 Å². The van der Waals surface area contributed by atoms with E-state index in [1.807, 2.05) is 12.1 Å². The maximum absolute atomic E-state index is 13.9. The molecular formula is C20H18BrFNOS2+. The largest absolute Gasteiger partial charge is 0.479 e. The minimum atomic E-state index is -0.233. The zero-order valence-corrected chi connectivity index (χ0v) is 17.7. The molecule has 0 aliphatic carbocycles. The Hall–Kier alpha value is -1.50. The Bertz CT molecular complexity index is 1020. The normalized spacial score (nSPS) is 15.2. The van der Waals surface area contributed by atoms with Crippen LogP contribution < -0.4 is 13.3 Å². The number of hydrogen-bond donors (Lipinski definition) is 0. The fourth-order valence-corrected chi connectivity index (χ4v) is 6.40. The van der Waals surface area contributed by atoms with Crippen LogP contribution in [-0.4, -0.2) is 13.1 Å². The van der Waals surface area contributed by atoms with E-state index in [2.05, 4.69) is 46.5 Å². The molecule has 2 aromatic carbocycles. The van der Waals surface area contributed by atoms with Crippen molar-refractivity contribution in [3.05, 3.63) is 67.2 Å². The van der Waals surface area contributed by atoms with Gasteiger partial charge in [0.25, 0.3) is 0 Å². The molecule has 1 unspecified atom stereocenters. The van der Waals surface area contributed by atoms with Crippen LogP contribution in [0.4, 0.5) is 4.39 Å². The molecule has 1 aromatic heterocycles. The van der Waals surface area contributed by atoms with Gasteiger partial charge in [0.2, 0.25) is 0 Å². The van der Waals surface area contributed by atoms with Gasteiger partial charge in [0, 0.05) is 10.0 Å². The van der Waals surface area contributed by atoms with Crippen LogP contribution in [0.15, 0.2) is 46.9 Å². The number of hydrogen-bond acceptors (Lipinski definition) is 3. The second-order valence-corrected chi connectivity index (χ2v) is 9.23. The molecule has 4 rings (SSSR count). The highest BCUT2D eigenvalue weighted by Gasteiger charge is 2.32. The number of ether oxygens (including phenoxy) is 1. The first kappa shape index (κ1) is 17.9. The third kappa shape index (κ3) is 3.15. The molecule has 26 heavy (non-hydrogen) atoms. The molecule has 6 heteroatoms. The zero-order chi connectivity index (χ0) is 18.3. The van der Waals surface area contributed by atoms with E-state index in [0.29, 0.717) is 0 Å². The van der Waals surface area contributed by atoms with Gasteiger partial charge in [-0.15, -0.1) is 0 Å². The molecule has 0 saturated carbocycles. The van der Waals surface area contributed by atoms with E-state index < -0.39 is 0 Å². The van der Waals surface area contributed by atoms with Crippen LogP contribution in [0, 0.1) is 5.82 Å². The van der Waals surface area contributed by atoms with E-state index in [4.69, 9.17) is 4.74 Å². The van der Waals surface area contributed by atoms with Crippen LogP contribution in [0.25, 0.3) is 10.4 Å². The van der Waals surface area contributed by atoms with Crippen molar-refractivity contribution in [3.63, 3.8) is 0 Å². The minimum Gasteiger partial charge on any atom is -0.479 e. The van der Waals surface area contributed by atoms with Crippen molar-refractivity contribution in [2.45, 2.75) is 20.0 Å². The summed E-state index contributed by atoms with van der Waals surface area (Å²) in [4.78, 5) is 2.27. The Balaban J connectivity index is 1.95. The summed E-state index contributed by atoms with van der Waals surface area (Å²) in [5.41, 5.74) is 1.96. The Morgan fingerprint density at radius 1 is 1.08 bits per heavy atom. The van der Waals surface area contributed by atoms with Crippen molar-refractivity contribution in [2.24, 2.45) is 0 Å². The van der Waals surface area contributed by atoms with Crippen LogP contribution in [0.2, 0.25) is 0 Å². The highest BCUT2D eigenvalue weighted by atomic mass is 79.9. The smallest absolute Gasteiger partial charge is 0.314 e. The molecule has 3 aromatic rings. The van der Waals surface area contributed by atoms with Crippen LogP contribution in [0.3, 0.4) is 0 Å². The van der Waals surface area contributed by atoms with Gasteiger partial charge in [-0.2, -0.15) is 0 Å². The minimum absolute atomic E-state index is 0.165. The predicted molar refractivity (Wildman–Crippen MR) is 111 cm³/mol. The van der Waals surface area contributed by atoms with Gasteiger partial charge in [-0.1, -0.05) is 50.7 Å². The highest BCUT2D eigenvalue weighted by molar-refractivity contribution is 9.10. The summed E-state index contributed by atoms with van der Waals surface area (Å²) in [6.07, 6.45) is -0.165. The van der Waals surface area contributed by atoms with E-state index in [9.17, 15) is 4.39 Å². The number of benzene rings is 2. The van der Waals surface area contributed by atoms with Gasteiger partial charge < -0.3 is 4.74 Å². The van der Waals surface area contributed by atoms with Crippen LogP contribution in [0.1, 0.15) is 30.4 Å². The third-order valence-electron chi connectivity index (χ3n) is 4.47. The third-order valence-corrected chi connectivity index (χ3v) is 7.78. The van der Waals surface area contributed by atoms with Crippen molar-refractivity contribution in [1.29, 1.82) is 0 Å². The van der Waals surface area contributed by atoms with Gasteiger partial charge in [-0.05, 0) is 49.7 Å². The SMILES string of the molecule is CC[N+](CC)=c1sc2c(s1)C(c1ccc(Br)cc1)Oc1ccc(F)cc1-2. The average Bonchev–Trinajstić information content (AvgIpc) is 3.08. The maximum atomic E-state index is 13.9. The first-order chi connectivity index (χ1) is 12.6. The van der Waals surface area contributed by atoms with Crippen molar-refractivity contribution in [1.82, 2.24) is 4.58 Å². The Kier molecular flexibility index (Phi) is 4.99. The number of rotatable bonds is 3. The fourth-order valence-electron chi connectivity index (χ4n) is 3.09. The van der Waals surface area contributed by atoms with Gasteiger partial charge >= 0.3 is 3.98 Å². The highest BCUT2D eigenvalue weighted by Crippen LogP contribution is 2.48. The summed E-state index contributed by atoms with van der Waals surface area (Å²) in [6.45, 7) is 6.22. The standard InChI is InChI=1S/C20H18BrFNOS2/c1-3-23(4-2)20-25-18-15-11-14(22)9-10-16(15)24-17(19(18)26-20)12-5-7-13(21)8-6-12/h5-11,17H,3-4H2,1-2H3/q+1.